The first-order chi connectivity index (χ1) is 21.9. The average Bonchev–Trinajstić information content (AvgIpc) is 3.01. The highest BCUT2D eigenvalue weighted by Crippen LogP contribution is 2.20. The van der Waals surface area contributed by atoms with Gasteiger partial charge in [0.25, 0.3) is 5.91 Å². The predicted molar refractivity (Wildman–Crippen MR) is 178 cm³/mol. The molecule has 242 valence electrons. The van der Waals surface area contributed by atoms with E-state index in [-0.39, 0.29) is 30.5 Å². The number of carbonyl (C=O) groups excluding carboxylic acids is 2. The number of amides is 2. The summed E-state index contributed by atoms with van der Waals surface area (Å²) in [5, 5.41) is 23.2. The van der Waals surface area contributed by atoms with E-state index in [4.69, 9.17) is 10.9 Å². The molecule has 3 atom stereocenters. The van der Waals surface area contributed by atoms with E-state index in [2.05, 4.69) is 20.9 Å². The number of nitrogens with zero attached hydrogens (tertiary/aromatic N) is 1. The fourth-order valence-electron chi connectivity index (χ4n) is 4.95. The van der Waals surface area contributed by atoms with Crippen molar-refractivity contribution in [3.05, 3.63) is 130 Å². The van der Waals surface area contributed by atoms with Crippen molar-refractivity contribution in [1.82, 2.24) is 20.9 Å². The van der Waals surface area contributed by atoms with Crippen molar-refractivity contribution in [2.45, 2.75) is 50.8 Å². The summed E-state index contributed by atoms with van der Waals surface area (Å²) in [5.41, 5.74) is 10.5. The summed E-state index contributed by atoms with van der Waals surface area (Å²) in [4.78, 5) is 29.6. The molecule has 0 saturated carbocycles. The smallest absolute Gasteiger partial charge is 0.252 e. The summed E-state index contributed by atoms with van der Waals surface area (Å²) in [7, 11) is -4.11. The molecule has 8 N–H and O–H groups in total. The third-order valence-electron chi connectivity index (χ3n) is 7.39. The van der Waals surface area contributed by atoms with E-state index < -0.39 is 27.4 Å². The molecule has 4 rings (SSSR count). The molecular formula is C34H40N6O5S. The van der Waals surface area contributed by atoms with Crippen LogP contribution in [-0.4, -0.2) is 42.9 Å². The number of pyridine rings is 1. The molecule has 0 saturated heterocycles. The molecule has 0 fully saturated rings. The SMILES string of the molecule is Cc1cccc(C(NC(=O)c2ccc(CNC(=O)Cc3cccc(C[C@@H](C)NC[C@H](O)c4ccc(N)nc4)c3)cc2)S(N)(=O)=O)c1. The van der Waals surface area contributed by atoms with Gasteiger partial charge in [-0.25, -0.2) is 18.5 Å². The molecule has 1 unspecified atom stereocenters. The van der Waals surface area contributed by atoms with E-state index in [1.165, 1.54) is 0 Å². The predicted octanol–water partition coefficient (Wildman–Crippen LogP) is 2.80. The Balaban J connectivity index is 1.25. The minimum absolute atomic E-state index is 0.0821. The highest BCUT2D eigenvalue weighted by molar-refractivity contribution is 7.89. The monoisotopic (exact) mass is 644 g/mol. The zero-order valence-corrected chi connectivity index (χ0v) is 26.6. The van der Waals surface area contributed by atoms with E-state index >= 15 is 0 Å². The first kappa shape index (κ1) is 34.3. The standard InChI is InChI=1S/C34H40N6O5S/c1-22-5-3-8-28(15-22)34(46(36,44)45)40-33(43)27-11-9-24(10-12-27)19-39-32(42)18-26-7-4-6-25(17-26)16-23(2)37-21-30(41)29-13-14-31(35)38-20-29/h3-15,17,20,23,30,34,37,41H,16,18-19,21H2,1-2H3,(H2,35,38)(H,39,42)(H,40,43)(H2,36,44,45)/t23-,30+,34?/m1/s1. The Morgan fingerprint density at radius 3 is 2.30 bits per heavy atom. The van der Waals surface area contributed by atoms with Gasteiger partial charge in [0.15, 0.2) is 5.37 Å². The van der Waals surface area contributed by atoms with Gasteiger partial charge in [0.2, 0.25) is 15.9 Å². The van der Waals surface area contributed by atoms with Gasteiger partial charge in [0, 0.05) is 36.5 Å². The Bertz CT molecular complexity index is 1750. The van der Waals surface area contributed by atoms with Crippen LogP contribution in [0.5, 0.6) is 0 Å². The van der Waals surface area contributed by atoms with Crippen molar-refractivity contribution < 1.29 is 23.1 Å². The number of primary sulfonamides is 1. The molecule has 1 heterocycles. The van der Waals surface area contributed by atoms with Crippen LogP contribution < -0.4 is 26.8 Å². The van der Waals surface area contributed by atoms with Crippen molar-refractivity contribution in [2.75, 3.05) is 12.3 Å². The molecule has 0 aliphatic heterocycles. The Kier molecular flexibility index (Phi) is 11.6. The van der Waals surface area contributed by atoms with Gasteiger partial charge in [-0.3, -0.25) is 9.59 Å². The number of sulfonamides is 1. The number of anilines is 1. The molecule has 46 heavy (non-hydrogen) atoms. The van der Waals surface area contributed by atoms with Crippen LogP contribution >= 0.6 is 0 Å². The molecule has 0 aliphatic carbocycles. The van der Waals surface area contributed by atoms with Gasteiger partial charge in [0.1, 0.15) is 5.82 Å². The number of aliphatic hydroxyl groups is 1. The van der Waals surface area contributed by atoms with E-state index in [0.717, 1.165) is 22.3 Å². The number of nitrogens with two attached hydrogens (primary N) is 2. The van der Waals surface area contributed by atoms with Gasteiger partial charge < -0.3 is 26.8 Å². The van der Waals surface area contributed by atoms with Gasteiger partial charge in [-0.15, -0.1) is 0 Å². The quantitative estimate of drug-likeness (QED) is 0.121. The Morgan fingerprint density at radius 1 is 0.913 bits per heavy atom. The molecule has 0 spiro atoms. The van der Waals surface area contributed by atoms with Crippen LogP contribution in [0, 0.1) is 6.92 Å². The summed E-state index contributed by atoms with van der Waals surface area (Å²) in [6.07, 6.45) is 1.78. The lowest BCUT2D eigenvalue weighted by Gasteiger charge is -2.18. The lowest BCUT2D eigenvalue weighted by atomic mass is 10.0. The van der Waals surface area contributed by atoms with E-state index in [1.807, 2.05) is 44.2 Å². The third-order valence-corrected chi connectivity index (χ3v) is 8.44. The molecule has 0 aliphatic rings. The topological polar surface area (TPSA) is 190 Å². The molecule has 12 heteroatoms. The summed E-state index contributed by atoms with van der Waals surface area (Å²) in [5.74, 6) is -0.338. The van der Waals surface area contributed by atoms with Gasteiger partial charge in [-0.05, 0) is 60.7 Å². The number of nitrogen functional groups attached to an aromatic ring is 1. The van der Waals surface area contributed by atoms with Crippen molar-refractivity contribution in [3.63, 3.8) is 0 Å². The van der Waals surface area contributed by atoms with Gasteiger partial charge in [-0.1, -0.05) is 72.3 Å². The molecular weight excluding hydrogens is 604 g/mol. The second-order valence-corrected chi connectivity index (χ2v) is 13.0. The van der Waals surface area contributed by atoms with E-state index in [0.29, 0.717) is 29.9 Å². The number of aromatic nitrogens is 1. The molecule has 0 bridgehead atoms. The normalized spacial score (nSPS) is 13.4. The highest BCUT2D eigenvalue weighted by atomic mass is 32.2. The van der Waals surface area contributed by atoms with Crippen molar-refractivity contribution in [1.29, 1.82) is 0 Å². The molecule has 0 radical (unpaired) electrons. The third kappa shape index (κ3) is 10.2. The molecule has 3 aromatic carbocycles. The van der Waals surface area contributed by atoms with Crippen LogP contribution in [-0.2, 0) is 34.2 Å². The number of carbonyl (C=O) groups is 2. The second-order valence-electron chi connectivity index (χ2n) is 11.4. The lowest BCUT2D eigenvalue weighted by Crippen LogP contribution is -2.37. The van der Waals surface area contributed by atoms with Crippen LogP contribution in [0.15, 0.2) is 91.1 Å². The number of rotatable bonds is 14. The zero-order chi connectivity index (χ0) is 33.3. The average molecular weight is 645 g/mol. The van der Waals surface area contributed by atoms with Crippen LogP contribution in [0.1, 0.15) is 62.1 Å². The van der Waals surface area contributed by atoms with Gasteiger partial charge in [0.05, 0.1) is 12.5 Å². The zero-order valence-electron chi connectivity index (χ0n) is 25.8. The Labute approximate surface area is 269 Å². The maximum absolute atomic E-state index is 12.8. The minimum Gasteiger partial charge on any atom is -0.387 e. The van der Waals surface area contributed by atoms with Crippen LogP contribution in [0.2, 0.25) is 0 Å². The number of hydrogen-bond donors (Lipinski definition) is 6. The van der Waals surface area contributed by atoms with E-state index in [1.54, 1.807) is 60.8 Å². The second kappa shape index (κ2) is 15.6. The first-order valence-corrected chi connectivity index (χ1v) is 16.4. The van der Waals surface area contributed by atoms with Crippen LogP contribution in [0.4, 0.5) is 5.82 Å². The number of hydrogen-bond acceptors (Lipinski definition) is 8. The molecule has 4 aromatic rings. The Morgan fingerprint density at radius 2 is 1.63 bits per heavy atom. The summed E-state index contributed by atoms with van der Waals surface area (Å²) in [6, 6.07) is 24.6. The fourth-order valence-corrected chi connectivity index (χ4v) is 5.75. The molecule has 11 nitrogen and oxygen atoms in total. The maximum Gasteiger partial charge on any atom is 0.252 e. The summed E-state index contributed by atoms with van der Waals surface area (Å²) < 4.78 is 24.4. The largest absolute Gasteiger partial charge is 0.387 e. The van der Waals surface area contributed by atoms with Gasteiger partial charge >= 0.3 is 0 Å². The highest BCUT2D eigenvalue weighted by Gasteiger charge is 2.26. The van der Waals surface area contributed by atoms with Crippen molar-refractivity contribution in [2.24, 2.45) is 5.14 Å². The number of nitrogens with one attached hydrogen (secondary N) is 3. The molecule has 1 aromatic heterocycles. The van der Waals surface area contributed by atoms with Gasteiger partial charge in [-0.2, -0.15) is 0 Å². The maximum atomic E-state index is 12.8. The summed E-state index contributed by atoms with van der Waals surface area (Å²) >= 11 is 0. The van der Waals surface area contributed by atoms with Crippen LogP contribution in [0.3, 0.4) is 0 Å². The number of aryl methyl sites for hydroxylation is 1. The van der Waals surface area contributed by atoms with Crippen molar-refractivity contribution in [3.8, 4) is 0 Å². The first-order valence-electron chi connectivity index (χ1n) is 14.8. The Hall–Kier alpha value is -4.62. The number of benzene rings is 3. The van der Waals surface area contributed by atoms with E-state index in [9.17, 15) is 23.1 Å². The molecule has 2 amide bonds. The number of aliphatic hydroxyl groups excluding tert-OH is 1. The minimum atomic E-state index is -4.11. The van der Waals surface area contributed by atoms with Crippen LogP contribution in [0.25, 0.3) is 0 Å². The lowest BCUT2D eigenvalue weighted by molar-refractivity contribution is -0.120. The fraction of sp³-hybridized carbons (Fsp3) is 0.265. The summed E-state index contributed by atoms with van der Waals surface area (Å²) in [6.45, 7) is 4.48. The van der Waals surface area contributed by atoms with Crippen molar-refractivity contribution >= 4 is 27.7 Å².